The molecule has 1 heterocycles. The van der Waals surface area contributed by atoms with Crippen LogP contribution in [0.2, 0.25) is 5.15 Å². The van der Waals surface area contributed by atoms with Crippen LogP contribution in [-0.4, -0.2) is 33.3 Å². The van der Waals surface area contributed by atoms with Crippen molar-refractivity contribution in [3.8, 4) is 11.8 Å². The summed E-state index contributed by atoms with van der Waals surface area (Å²) in [4.78, 5) is 25.2. The van der Waals surface area contributed by atoms with Crippen molar-refractivity contribution in [3.05, 3.63) is 46.7 Å². The predicted molar refractivity (Wildman–Crippen MR) is 108 cm³/mol. The van der Waals surface area contributed by atoms with Crippen LogP contribution in [0.15, 0.2) is 30.3 Å². The Morgan fingerprint density at radius 3 is 2.55 bits per heavy atom. The fraction of sp³-hybridized carbons (Fsp3) is 0.429. The van der Waals surface area contributed by atoms with Crippen molar-refractivity contribution < 1.29 is 14.3 Å². The largest absolute Gasteiger partial charge is 0.449 e. The third-order valence-electron chi connectivity index (χ3n) is 5.15. The number of esters is 1. The third kappa shape index (κ3) is 4.43. The minimum absolute atomic E-state index is 0.114. The maximum absolute atomic E-state index is 12.7. The van der Waals surface area contributed by atoms with Crippen LogP contribution in [0.25, 0.3) is 5.69 Å². The van der Waals surface area contributed by atoms with Crippen LogP contribution in [0, 0.1) is 18.3 Å². The summed E-state index contributed by atoms with van der Waals surface area (Å²) in [6.07, 6.45) is 2.96. The van der Waals surface area contributed by atoms with Gasteiger partial charge in [0, 0.05) is 0 Å². The van der Waals surface area contributed by atoms with Gasteiger partial charge in [0.25, 0.3) is 5.91 Å². The minimum atomic E-state index is -1.06. The standard InChI is InChI=1S/C21H23ClN4O3/c1-14-17(18(22)26(25-14)16-9-5-3-6-10-16)20(28)29-15(2)19(27)24-21(13-23)11-7-4-8-12-21/h3,5-6,9-10,15H,4,7-8,11-12H2,1-2H3,(H,24,27)/t15-/m1/s1. The molecule has 1 N–H and O–H groups in total. The van der Waals surface area contributed by atoms with Crippen molar-refractivity contribution in [2.75, 3.05) is 0 Å². The van der Waals surface area contributed by atoms with Crippen molar-refractivity contribution >= 4 is 23.5 Å². The topological polar surface area (TPSA) is 97.0 Å². The highest BCUT2D eigenvalue weighted by Gasteiger charge is 2.36. The number of nitrogens with one attached hydrogen (secondary N) is 1. The number of amides is 1. The number of rotatable bonds is 5. The maximum Gasteiger partial charge on any atom is 0.344 e. The van der Waals surface area contributed by atoms with Crippen LogP contribution in [-0.2, 0) is 9.53 Å². The molecule has 0 saturated heterocycles. The van der Waals surface area contributed by atoms with Crippen molar-refractivity contribution in [1.29, 1.82) is 5.26 Å². The number of nitrogens with zero attached hydrogens (tertiary/aromatic N) is 3. The first-order valence-corrected chi connectivity index (χ1v) is 9.99. The molecule has 1 amide bonds. The summed E-state index contributed by atoms with van der Waals surface area (Å²) in [5, 5.41) is 16.7. The number of benzene rings is 1. The van der Waals surface area contributed by atoms with Gasteiger partial charge in [-0.05, 0) is 38.8 Å². The molecule has 1 saturated carbocycles. The maximum atomic E-state index is 12.7. The highest BCUT2D eigenvalue weighted by Crippen LogP contribution is 2.28. The molecule has 0 unspecified atom stereocenters. The molecule has 1 atom stereocenters. The number of halogens is 1. The zero-order chi connectivity index (χ0) is 21.0. The fourth-order valence-electron chi connectivity index (χ4n) is 3.50. The molecule has 0 aliphatic heterocycles. The Bertz CT molecular complexity index is 943. The first-order chi connectivity index (χ1) is 13.9. The molecule has 8 heteroatoms. The Hall–Kier alpha value is -2.85. The molecule has 2 aromatic rings. The lowest BCUT2D eigenvalue weighted by Crippen LogP contribution is -2.52. The normalized spacial score (nSPS) is 16.5. The summed E-state index contributed by atoms with van der Waals surface area (Å²) in [5.41, 5.74) is 0.334. The SMILES string of the molecule is Cc1nn(-c2ccccc2)c(Cl)c1C(=O)O[C@H](C)C(=O)NC1(C#N)CCCCC1. The van der Waals surface area contributed by atoms with Crippen LogP contribution in [0.3, 0.4) is 0 Å². The van der Waals surface area contributed by atoms with Gasteiger partial charge >= 0.3 is 5.97 Å². The van der Waals surface area contributed by atoms with Crippen LogP contribution in [0.1, 0.15) is 55.1 Å². The van der Waals surface area contributed by atoms with Gasteiger partial charge in [0.1, 0.15) is 16.3 Å². The van der Waals surface area contributed by atoms with E-state index in [1.165, 1.54) is 11.6 Å². The van der Waals surface area contributed by atoms with E-state index in [9.17, 15) is 14.9 Å². The highest BCUT2D eigenvalue weighted by molar-refractivity contribution is 6.33. The number of aryl methyl sites for hydroxylation is 1. The molecular weight excluding hydrogens is 392 g/mol. The van der Waals surface area contributed by atoms with Gasteiger partial charge < -0.3 is 10.1 Å². The van der Waals surface area contributed by atoms with E-state index in [0.717, 1.165) is 19.3 Å². The van der Waals surface area contributed by atoms with Gasteiger partial charge in [-0.15, -0.1) is 0 Å². The number of aromatic nitrogens is 2. The van der Waals surface area contributed by atoms with Crippen LogP contribution >= 0.6 is 11.6 Å². The van der Waals surface area contributed by atoms with Gasteiger partial charge in [-0.1, -0.05) is 49.1 Å². The molecule has 0 radical (unpaired) electrons. The van der Waals surface area contributed by atoms with E-state index in [0.29, 0.717) is 24.2 Å². The fourth-order valence-corrected chi connectivity index (χ4v) is 3.85. The third-order valence-corrected chi connectivity index (χ3v) is 5.49. The summed E-state index contributed by atoms with van der Waals surface area (Å²) in [6, 6.07) is 11.4. The smallest absolute Gasteiger partial charge is 0.344 e. The summed E-state index contributed by atoms with van der Waals surface area (Å²) in [5.74, 6) is -1.22. The van der Waals surface area contributed by atoms with E-state index in [4.69, 9.17) is 16.3 Å². The van der Waals surface area contributed by atoms with Gasteiger partial charge in [-0.25, -0.2) is 9.48 Å². The molecule has 0 bridgehead atoms. The van der Waals surface area contributed by atoms with Crippen LogP contribution < -0.4 is 5.32 Å². The molecule has 7 nitrogen and oxygen atoms in total. The molecule has 1 aliphatic carbocycles. The number of para-hydroxylation sites is 1. The average molecular weight is 415 g/mol. The van der Waals surface area contributed by atoms with Gasteiger partial charge in [0.15, 0.2) is 6.10 Å². The number of carbonyl (C=O) groups excluding carboxylic acids is 2. The first-order valence-electron chi connectivity index (χ1n) is 9.62. The Balaban J connectivity index is 1.72. The quantitative estimate of drug-likeness (QED) is 0.752. The molecule has 29 heavy (non-hydrogen) atoms. The minimum Gasteiger partial charge on any atom is -0.449 e. The van der Waals surface area contributed by atoms with E-state index in [2.05, 4.69) is 16.5 Å². The summed E-state index contributed by atoms with van der Waals surface area (Å²) in [6.45, 7) is 3.13. The lowest BCUT2D eigenvalue weighted by Gasteiger charge is -2.32. The molecule has 1 aromatic carbocycles. The van der Waals surface area contributed by atoms with Crippen molar-refractivity contribution in [1.82, 2.24) is 15.1 Å². The van der Waals surface area contributed by atoms with Gasteiger partial charge in [0.05, 0.1) is 17.5 Å². The summed E-state index contributed by atoms with van der Waals surface area (Å²) in [7, 11) is 0. The molecule has 1 aliphatic rings. The van der Waals surface area contributed by atoms with E-state index < -0.39 is 23.5 Å². The Morgan fingerprint density at radius 1 is 1.28 bits per heavy atom. The second kappa shape index (κ2) is 8.66. The average Bonchev–Trinajstić information content (AvgIpc) is 3.03. The van der Waals surface area contributed by atoms with E-state index in [1.54, 1.807) is 6.92 Å². The van der Waals surface area contributed by atoms with Crippen molar-refractivity contribution in [3.63, 3.8) is 0 Å². The monoisotopic (exact) mass is 414 g/mol. The predicted octanol–water partition coefficient (Wildman–Crippen LogP) is 3.72. The number of carbonyl (C=O) groups is 2. The highest BCUT2D eigenvalue weighted by atomic mass is 35.5. The van der Waals surface area contributed by atoms with E-state index in [-0.39, 0.29) is 10.7 Å². The number of hydrogen-bond donors (Lipinski definition) is 1. The van der Waals surface area contributed by atoms with Crippen LogP contribution in [0.5, 0.6) is 0 Å². The lowest BCUT2D eigenvalue weighted by molar-refractivity contribution is -0.130. The molecule has 1 aromatic heterocycles. The molecule has 1 fully saturated rings. The van der Waals surface area contributed by atoms with Crippen molar-refractivity contribution in [2.24, 2.45) is 0 Å². The number of hydrogen-bond acceptors (Lipinski definition) is 5. The molecular formula is C21H23ClN4O3. The van der Waals surface area contributed by atoms with Gasteiger partial charge in [-0.3, -0.25) is 4.79 Å². The molecule has 152 valence electrons. The number of nitriles is 1. The second-order valence-electron chi connectivity index (χ2n) is 7.29. The zero-order valence-electron chi connectivity index (χ0n) is 16.4. The number of ether oxygens (including phenoxy) is 1. The Morgan fingerprint density at radius 2 is 1.93 bits per heavy atom. The van der Waals surface area contributed by atoms with Crippen LogP contribution in [0.4, 0.5) is 0 Å². The Kier molecular flexibility index (Phi) is 6.23. The second-order valence-corrected chi connectivity index (χ2v) is 7.65. The summed E-state index contributed by atoms with van der Waals surface area (Å²) >= 11 is 6.38. The first kappa shape index (κ1) is 20.9. The molecule has 3 rings (SSSR count). The molecule has 0 spiro atoms. The van der Waals surface area contributed by atoms with Crippen molar-refractivity contribution in [2.45, 2.75) is 57.6 Å². The lowest BCUT2D eigenvalue weighted by atomic mass is 9.83. The summed E-state index contributed by atoms with van der Waals surface area (Å²) < 4.78 is 6.79. The van der Waals surface area contributed by atoms with Gasteiger partial charge in [0.2, 0.25) is 0 Å². The zero-order valence-corrected chi connectivity index (χ0v) is 17.2. The Labute approximate surface area is 174 Å². The van der Waals surface area contributed by atoms with E-state index in [1.807, 2.05) is 30.3 Å². The van der Waals surface area contributed by atoms with E-state index >= 15 is 0 Å². The van der Waals surface area contributed by atoms with Gasteiger partial charge in [-0.2, -0.15) is 10.4 Å².